The third kappa shape index (κ3) is 5.23. The molecule has 158 valence electrons. The topological polar surface area (TPSA) is 124 Å². The van der Waals surface area contributed by atoms with E-state index in [0.29, 0.717) is 29.0 Å². The molecule has 0 radical (unpaired) electrons. The van der Waals surface area contributed by atoms with E-state index in [1.54, 1.807) is 12.1 Å². The van der Waals surface area contributed by atoms with Crippen molar-refractivity contribution in [3.05, 3.63) is 71.9 Å². The van der Waals surface area contributed by atoms with Crippen LogP contribution in [0.4, 0.5) is 5.69 Å². The number of amides is 1. The molecular weight excluding hydrogens is 414 g/mol. The summed E-state index contributed by atoms with van der Waals surface area (Å²) in [4.78, 5) is 12.3. The summed E-state index contributed by atoms with van der Waals surface area (Å²) in [5, 5.41) is 18.3. The van der Waals surface area contributed by atoms with Gasteiger partial charge in [0.2, 0.25) is 16.9 Å². The Bertz CT molecular complexity index is 1160. The fraction of sp³-hybridized carbons (Fsp3) is 0.143. The summed E-state index contributed by atoms with van der Waals surface area (Å²) < 4.78 is 7.08. The lowest BCUT2D eigenvalue weighted by Gasteiger charge is -2.08. The molecule has 0 fully saturated rings. The lowest BCUT2D eigenvalue weighted by Crippen LogP contribution is -2.16. The number of hydrogen-bond acceptors (Lipinski definition) is 7. The first-order valence-corrected chi connectivity index (χ1v) is 10.5. The second kappa shape index (κ2) is 9.35. The molecular formula is C21H21N7O2S. The lowest BCUT2D eigenvalue weighted by molar-refractivity contribution is -0.113. The summed E-state index contributed by atoms with van der Waals surface area (Å²) in [6.07, 6.45) is 0. The number of benzene rings is 2. The normalized spacial score (nSPS) is 10.7. The maximum atomic E-state index is 12.3. The van der Waals surface area contributed by atoms with Crippen molar-refractivity contribution in [3.63, 3.8) is 0 Å². The van der Waals surface area contributed by atoms with Gasteiger partial charge in [0, 0.05) is 11.4 Å². The Hall–Kier alpha value is -3.79. The zero-order valence-corrected chi connectivity index (χ0v) is 17.6. The lowest BCUT2D eigenvalue weighted by atomic mass is 10.2. The number of ether oxygens (including phenoxy) is 1. The Balaban J connectivity index is 1.28. The first kappa shape index (κ1) is 20.5. The summed E-state index contributed by atoms with van der Waals surface area (Å²) in [6, 6.07) is 19.0. The highest BCUT2D eigenvalue weighted by molar-refractivity contribution is 7.99. The van der Waals surface area contributed by atoms with Crippen LogP contribution in [0, 0.1) is 6.92 Å². The maximum absolute atomic E-state index is 12.3. The van der Waals surface area contributed by atoms with Crippen LogP contribution in [-0.2, 0) is 11.4 Å². The molecule has 4 aromatic rings. The number of carbonyl (C=O) groups is 1. The van der Waals surface area contributed by atoms with Gasteiger partial charge in [0.15, 0.2) is 0 Å². The number of thioether (sulfide) groups is 1. The van der Waals surface area contributed by atoms with Crippen molar-refractivity contribution in [2.75, 3.05) is 16.9 Å². The molecule has 0 bridgehead atoms. The first-order chi connectivity index (χ1) is 15.1. The van der Waals surface area contributed by atoms with Crippen molar-refractivity contribution in [2.24, 2.45) is 0 Å². The average molecular weight is 436 g/mol. The van der Waals surface area contributed by atoms with Gasteiger partial charge in [-0.15, -0.1) is 10.2 Å². The second-order valence-electron chi connectivity index (χ2n) is 6.75. The van der Waals surface area contributed by atoms with E-state index < -0.39 is 0 Å². The molecule has 4 N–H and O–H groups in total. The van der Waals surface area contributed by atoms with Crippen molar-refractivity contribution in [1.29, 1.82) is 0 Å². The molecule has 0 unspecified atom stereocenters. The fourth-order valence-electron chi connectivity index (χ4n) is 2.79. The summed E-state index contributed by atoms with van der Waals surface area (Å²) in [6.45, 7) is 2.37. The van der Waals surface area contributed by atoms with Gasteiger partial charge in [-0.05, 0) is 42.8 Å². The Morgan fingerprint density at radius 2 is 1.94 bits per heavy atom. The average Bonchev–Trinajstić information content (AvgIpc) is 3.37. The van der Waals surface area contributed by atoms with Gasteiger partial charge in [0.1, 0.15) is 18.1 Å². The molecule has 0 spiro atoms. The van der Waals surface area contributed by atoms with Gasteiger partial charge in [-0.3, -0.25) is 9.89 Å². The Kier molecular flexibility index (Phi) is 6.18. The van der Waals surface area contributed by atoms with Gasteiger partial charge in [0.25, 0.3) is 0 Å². The van der Waals surface area contributed by atoms with Crippen LogP contribution in [0.25, 0.3) is 11.5 Å². The first-order valence-electron chi connectivity index (χ1n) is 9.51. The highest BCUT2D eigenvalue weighted by Gasteiger charge is 2.15. The number of nitrogens with zero attached hydrogens (tertiary/aromatic N) is 4. The van der Waals surface area contributed by atoms with Gasteiger partial charge >= 0.3 is 0 Å². The summed E-state index contributed by atoms with van der Waals surface area (Å²) in [5.41, 5.74) is 3.26. The monoisotopic (exact) mass is 435 g/mol. The van der Waals surface area contributed by atoms with Gasteiger partial charge < -0.3 is 15.9 Å². The van der Waals surface area contributed by atoms with E-state index in [0.717, 1.165) is 17.0 Å². The van der Waals surface area contributed by atoms with Crippen LogP contribution in [0.5, 0.6) is 5.75 Å². The number of aryl methyl sites for hydroxylation is 1. The quantitative estimate of drug-likeness (QED) is 0.287. The molecule has 0 aliphatic rings. The molecule has 0 atom stereocenters. The minimum absolute atomic E-state index is 0.140. The number of rotatable bonds is 8. The molecule has 1 amide bonds. The third-order valence-electron chi connectivity index (χ3n) is 4.32. The smallest absolute Gasteiger partial charge is 0.234 e. The Labute approximate surface area is 183 Å². The minimum atomic E-state index is -0.178. The molecule has 0 aliphatic carbocycles. The van der Waals surface area contributed by atoms with Crippen LogP contribution < -0.4 is 15.9 Å². The minimum Gasteiger partial charge on any atom is -0.489 e. The zero-order valence-electron chi connectivity index (χ0n) is 16.8. The van der Waals surface area contributed by atoms with Gasteiger partial charge in [-0.25, -0.2) is 4.68 Å². The number of H-pyrrole nitrogens is 1. The number of aromatic amines is 1. The van der Waals surface area contributed by atoms with Gasteiger partial charge in [0.05, 0.1) is 5.75 Å². The number of nitrogen functional groups attached to an aromatic ring is 1. The van der Waals surface area contributed by atoms with E-state index >= 15 is 0 Å². The van der Waals surface area contributed by atoms with Crippen LogP contribution >= 0.6 is 11.8 Å². The molecule has 2 aromatic carbocycles. The third-order valence-corrected chi connectivity index (χ3v) is 5.26. The molecule has 2 aromatic heterocycles. The highest BCUT2D eigenvalue weighted by atomic mass is 32.2. The standard InChI is InChI=1S/C21H21N7O2S/c1-14-11-18(25-24-14)20-26-27-21(28(20)22)31-13-19(29)23-16-7-9-17(10-8-16)30-12-15-5-3-2-4-6-15/h2-11H,12-13,22H2,1H3,(H,23,29)(H,24,25). The maximum Gasteiger partial charge on any atom is 0.234 e. The number of aromatic nitrogens is 5. The molecule has 0 saturated heterocycles. The van der Waals surface area contributed by atoms with E-state index in [-0.39, 0.29) is 11.7 Å². The van der Waals surface area contributed by atoms with Crippen LogP contribution in [0.3, 0.4) is 0 Å². The molecule has 4 rings (SSSR count). The predicted octanol–water partition coefficient (Wildman–Crippen LogP) is 3.00. The predicted molar refractivity (Wildman–Crippen MR) is 119 cm³/mol. The summed E-state index contributed by atoms with van der Waals surface area (Å²) >= 11 is 1.20. The molecule has 31 heavy (non-hydrogen) atoms. The molecule has 9 nitrogen and oxygen atoms in total. The van der Waals surface area contributed by atoms with Crippen molar-refractivity contribution >= 4 is 23.4 Å². The van der Waals surface area contributed by atoms with Gasteiger partial charge in [-0.1, -0.05) is 42.1 Å². The number of carbonyl (C=O) groups excluding carboxylic acids is 1. The molecule has 0 saturated carbocycles. The molecule has 10 heteroatoms. The van der Waals surface area contributed by atoms with Gasteiger partial charge in [-0.2, -0.15) is 5.10 Å². The van der Waals surface area contributed by atoms with Crippen molar-refractivity contribution < 1.29 is 9.53 Å². The zero-order chi connectivity index (χ0) is 21.6. The fourth-order valence-corrected chi connectivity index (χ4v) is 3.44. The molecule has 2 heterocycles. The number of anilines is 1. The summed E-state index contributed by atoms with van der Waals surface area (Å²) in [5.74, 6) is 7.16. The molecule has 0 aliphatic heterocycles. The number of hydrogen-bond donors (Lipinski definition) is 3. The number of nitrogens with two attached hydrogens (primary N) is 1. The van der Waals surface area contributed by atoms with Crippen LogP contribution in [0.1, 0.15) is 11.3 Å². The van der Waals surface area contributed by atoms with E-state index in [1.807, 2.05) is 55.5 Å². The van der Waals surface area contributed by atoms with Crippen molar-refractivity contribution in [3.8, 4) is 17.3 Å². The van der Waals surface area contributed by atoms with E-state index in [2.05, 4.69) is 25.7 Å². The largest absolute Gasteiger partial charge is 0.489 e. The number of nitrogens with one attached hydrogen (secondary N) is 2. The van der Waals surface area contributed by atoms with Crippen molar-refractivity contribution in [2.45, 2.75) is 18.7 Å². The van der Waals surface area contributed by atoms with E-state index in [1.165, 1.54) is 16.4 Å². The van der Waals surface area contributed by atoms with Crippen LogP contribution in [0.2, 0.25) is 0 Å². The van der Waals surface area contributed by atoms with Crippen molar-refractivity contribution in [1.82, 2.24) is 25.1 Å². The Morgan fingerprint density at radius 3 is 2.65 bits per heavy atom. The second-order valence-corrected chi connectivity index (χ2v) is 7.69. The van der Waals surface area contributed by atoms with E-state index in [4.69, 9.17) is 10.6 Å². The summed E-state index contributed by atoms with van der Waals surface area (Å²) in [7, 11) is 0. The van der Waals surface area contributed by atoms with E-state index in [9.17, 15) is 4.79 Å². The Morgan fingerprint density at radius 1 is 1.16 bits per heavy atom. The van der Waals surface area contributed by atoms with Crippen LogP contribution in [0.15, 0.2) is 65.8 Å². The SMILES string of the molecule is Cc1cc(-c2nnc(SCC(=O)Nc3ccc(OCc4ccccc4)cc3)n2N)n[nH]1. The highest BCUT2D eigenvalue weighted by Crippen LogP contribution is 2.21. The van der Waals surface area contributed by atoms with Crippen LogP contribution in [-0.4, -0.2) is 36.7 Å².